The first-order valence-corrected chi connectivity index (χ1v) is 12.9. The molecule has 1 heterocycles. The van der Waals surface area contributed by atoms with Gasteiger partial charge in [0.1, 0.15) is 6.10 Å². The SMILES string of the molecule is COC(=O)c1ccc(-c2ccc3cc(-c4snc(C)c4NC(=O)OC(C)c4ccccc4)ccc3c2)cc1. The van der Waals surface area contributed by atoms with Crippen molar-refractivity contribution < 1.29 is 19.1 Å². The van der Waals surface area contributed by atoms with Crippen LogP contribution in [-0.4, -0.2) is 23.5 Å². The van der Waals surface area contributed by atoms with E-state index in [2.05, 4.69) is 40.0 Å². The van der Waals surface area contributed by atoms with E-state index in [-0.39, 0.29) is 12.1 Å². The lowest BCUT2D eigenvalue weighted by Gasteiger charge is -2.15. The molecule has 0 aliphatic heterocycles. The van der Waals surface area contributed by atoms with Gasteiger partial charge >= 0.3 is 12.1 Å². The molecule has 0 bridgehead atoms. The molecule has 6 nitrogen and oxygen atoms in total. The monoisotopic (exact) mass is 522 g/mol. The minimum Gasteiger partial charge on any atom is -0.465 e. The molecule has 0 saturated carbocycles. The topological polar surface area (TPSA) is 77.5 Å². The van der Waals surface area contributed by atoms with Gasteiger partial charge in [-0.1, -0.05) is 66.7 Å². The van der Waals surface area contributed by atoms with Crippen molar-refractivity contribution in [2.45, 2.75) is 20.0 Å². The molecule has 0 aliphatic rings. The third-order valence-corrected chi connectivity index (χ3v) is 7.37. The summed E-state index contributed by atoms with van der Waals surface area (Å²) in [6.07, 6.45) is -0.896. The normalized spacial score (nSPS) is 11.7. The minimum absolute atomic E-state index is 0.353. The van der Waals surface area contributed by atoms with Gasteiger partial charge in [0.2, 0.25) is 0 Å². The highest BCUT2D eigenvalue weighted by Gasteiger charge is 2.18. The van der Waals surface area contributed by atoms with Gasteiger partial charge in [-0.05, 0) is 82.7 Å². The van der Waals surface area contributed by atoms with Crippen LogP contribution in [0.15, 0.2) is 91.0 Å². The summed E-state index contributed by atoms with van der Waals surface area (Å²) >= 11 is 1.34. The average molecular weight is 523 g/mol. The van der Waals surface area contributed by atoms with Crippen molar-refractivity contribution >= 4 is 40.1 Å². The number of anilines is 1. The van der Waals surface area contributed by atoms with E-state index >= 15 is 0 Å². The highest BCUT2D eigenvalue weighted by molar-refractivity contribution is 7.10. The molecular weight excluding hydrogens is 496 g/mol. The van der Waals surface area contributed by atoms with E-state index < -0.39 is 6.09 Å². The van der Waals surface area contributed by atoms with Crippen LogP contribution >= 0.6 is 11.5 Å². The first kappa shape index (κ1) is 25.2. The fourth-order valence-corrected chi connectivity index (χ4v) is 5.12. The van der Waals surface area contributed by atoms with Crippen LogP contribution in [-0.2, 0) is 9.47 Å². The predicted octanol–water partition coefficient (Wildman–Crippen LogP) is 8.04. The molecule has 7 heteroatoms. The summed E-state index contributed by atoms with van der Waals surface area (Å²) in [6, 6.07) is 29.4. The Morgan fingerprint density at radius 1 is 0.842 bits per heavy atom. The van der Waals surface area contributed by atoms with Crippen LogP contribution in [0.2, 0.25) is 0 Å². The number of aryl methyl sites for hydroxylation is 1. The first-order chi connectivity index (χ1) is 18.4. The molecule has 0 radical (unpaired) electrons. The zero-order valence-corrected chi connectivity index (χ0v) is 22.0. The number of hydrogen-bond acceptors (Lipinski definition) is 6. The number of nitrogens with one attached hydrogen (secondary N) is 1. The van der Waals surface area contributed by atoms with E-state index in [0.29, 0.717) is 11.3 Å². The van der Waals surface area contributed by atoms with E-state index in [1.807, 2.05) is 62.4 Å². The van der Waals surface area contributed by atoms with Gasteiger partial charge in [-0.15, -0.1) is 0 Å². The number of aromatic nitrogens is 1. The van der Waals surface area contributed by atoms with Crippen LogP contribution in [0, 0.1) is 6.92 Å². The van der Waals surface area contributed by atoms with Crippen LogP contribution in [0.1, 0.15) is 34.6 Å². The zero-order chi connectivity index (χ0) is 26.6. The number of carbonyl (C=O) groups is 2. The first-order valence-electron chi connectivity index (χ1n) is 12.1. The highest BCUT2D eigenvalue weighted by atomic mass is 32.1. The molecule has 38 heavy (non-hydrogen) atoms. The molecule has 1 atom stereocenters. The number of ether oxygens (including phenoxy) is 2. The number of methoxy groups -OCH3 is 1. The predicted molar refractivity (Wildman–Crippen MR) is 152 cm³/mol. The summed E-state index contributed by atoms with van der Waals surface area (Å²) in [6.45, 7) is 3.72. The Hall–Kier alpha value is -4.49. The van der Waals surface area contributed by atoms with Gasteiger partial charge < -0.3 is 9.47 Å². The second kappa shape index (κ2) is 10.9. The number of hydrogen-bond donors (Lipinski definition) is 1. The summed E-state index contributed by atoms with van der Waals surface area (Å²) < 4.78 is 14.9. The number of carbonyl (C=O) groups excluding carboxylic acids is 2. The molecule has 1 amide bonds. The lowest BCUT2D eigenvalue weighted by Crippen LogP contribution is -2.16. The van der Waals surface area contributed by atoms with E-state index in [4.69, 9.17) is 9.47 Å². The minimum atomic E-state index is -0.519. The van der Waals surface area contributed by atoms with Gasteiger partial charge in [0, 0.05) is 0 Å². The largest absolute Gasteiger partial charge is 0.465 e. The van der Waals surface area contributed by atoms with Crippen LogP contribution < -0.4 is 5.32 Å². The van der Waals surface area contributed by atoms with Crippen molar-refractivity contribution in [3.8, 4) is 21.6 Å². The Labute approximate surface area is 225 Å². The highest BCUT2D eigenvalue weighted by Crippen LogP contribution is 2.37. The second-order valence-corrected chi connectivity index (χ2v) is 9.67. The molecule has 190 valence electrons. The summed E-state index contributed by atoms with van der Waals surface area (Å²) in [5.74, 6) is -0.353. The van der Waals surface area contributed by atoms with Crippen molar-refractivity contribution in [3.63, 3.8) is 0 Å². The van der Waals surface area contributed by atoms with Crippen LogP contribution in [0.25, 0.3) is 32.3 Å². The van der Waals surface area contributed by atoms with Gasteiger partial charge in [-0.25, -0.2) is 9.59 Å². The van der Waals surface area contributed by atoms with Gasteiger partial charge in [0.05, 0.1) is 28.9 Å². The lowest BCUT2D eigenvalue weighted by atomic mass is 9.98. The Kier molecular flexibility index (Phi) is 7.20. The van der Waals surface area contributed by atoms with E-state index in [0.717, 1.165) is 43.6 Å². The lowest BCUT2D eigenvalue weighted by molar-refractivity contribution is 0.0600. The number of esters is 1. The standard InChI is InChI=1S/C31H26N2O4S/c1-19-28(32-31(35)37-20(2)21-7-5-4-6-8-21)29(38-33-19)27-16-15-25-17-24(13-14-26(25)18-27)22-9-11-23(12-10-22)30(34)36-3/h4-18,20H,1-3H3,(H,32,35). The quantitative estimate of drug-likeness (QED) is 0.228. The fourth-order valence-electron chi connectivity index (χ4n) is 4.28. The maximum Gasteiger partial charge on any atom is 0.412 e. The fraction of sp³-hybridized carbons (Fsp3) is 0.129. The average Bonchev–Trinajstić information content (AvgIpc) is 3.31. The van der Waals surface area contributed by atoms with Gasteiger partial charge in [0.25, 0.3) is 0 Å². The number of rotatable bonds is 6. The summed E-state index contributed by atoms with van der Waals surface area (Å²) in [5, 5.41) is 5.05. The molecule has 0 aliphatic carbocycles. The maximum absolute atomic E-state index is 12.7. The van der Waals surface area contributed by atoms with Crippen molar-refractivity contribution in [1.82, 2.24) is 4.37 Å². The molecule has 0 spiro atoms. The second-order valence-electron chi connectivity index (χ2n) is 8.90. The van der Waals surface area contributed by atoms with Crippen LogP contribution in [0.4, 0.5) is 10.5 Å². The number of amides is 1. The smallest absolute Gasteiger partial charge is 0.412 e. The third-order valence-electron chi connectivity index (χ3n) is 6.38. The van der Waals surface area contributed by atoms with E-state index in [1.165, 1.54) is 18.6 Å². The van der Waals surface area contributed by atoms with E-state index in [1.54, 1.807) is 12.1 Å². The Morgan fingerprint density at radius 2 is 1.47 bits per heavy atom. The Bertz CT molecular complexity index is 1610. The molecule has 1 N–H and O–H groups in total. The van der Waals surface area contributed by atoms with Crippen LogP contribution in [0.5, 0.6) is 0 Å². The molecule has 5 rings (SSSR count). The number of fused-ring (bicyclic) bond motifs is 1. The van der Waals surface area contributed by atoms with Gasteiger partial charge in [0.15, 0.2) is 0 Å². The van der Waals surface area contributed by atoms with Gasteiger partial charge in [-0.2, -0.15) is 4.37 Å². The molecular formula is C31H26N2O4S. The maximum atomic E-state index is 12.7. The molecule has 0 saturated heterocycles. The Balaban J connectivity index is 1.36. The van der Waals surface area contributed by atoms with Crippen molar-refractivity contribution in [3.05, 3.63) is 108 Å². The molecule has 0 fully saturated rings. The van der Waals surface area contributed by atoms with E-state index in [9.17, 15) is 9.59 Å². The third kappa shape index (κ3) is 5.28. The molecule has 5 aromatic rings. The molecule has 4 aromatic carbocycles. The van der Waals surface area contributed by atoms with Crippen molar-refractivity contribution in [2.24, 2.45) is 0 Å². The Morgan fingerprint density at radius 3 is 2.16 bits per heavy atom. The summed E-state index contributed by atoms with van der Waals surface area (Å²) in [5.41, 5.74) is 5.86. The molecule has 1 unspecified atom stereocenters. The zero-order valence-electron chi connectivity index (χ0n) is 21.2. The van der Waals surface area contributed by atoms with Gasteiger partial charge in [-0.3, -0.25) is 5.32 Å². The molecule has 1 aromatic heterocycles. The number of benzene rings is 4. The van der Waals surface area contributed by atoms with Crippen molar-refractivity contribution in [2.75, 3.05) is 12.4 Å². The van der Waals surface area contributed by atoms with Crippen LogP contribution in [0.3, 0.4) is 0 Å². The number of nitrogens with zero attached hydrogens (tertiary/aromatic N) is 1. The summed E-state index contributed by atoms with van der Waals surface area (Å²) in [7, 11) is 1.37. The van der Waals surface area contributed by atoms with Crippen molar-refractivity contribution in [1.29, 1.82) is 0 Å². The summed E-state index contributed by atoms with van der Waals surface area (Å²) in [4.78, 5) is 25.3.